The summed E-state index contributed by atoms with van der Waals surface area (Å²) in [6, 6.07) is 4.63. The lowest BCUT2D eigenvalue weighted by Crippen LogP contribution is -2.34. The van der Waals surface area contributed by atoms with Crippen LogP contribution in [0, 0.1) is 0 Å². The fraction of sp³-hybridized carbons (Fsp3) is 0.364. The van der Waals surface area contributed by atoms with Crippen molar-refractivity contribution < 1.29 is 13.2 Å². The fourth-order valence-electron chi connectivity index (χ4n) is 2.03. The van der Waals surface area contributed by atoms with Crippen molar-refractivity contribution in [3.63, 3.8) is 0 Å². The minimum atomic E-state index is -3.71. The van der Waals surface area contributed by atoms with E-state index < -0.39 is 9.05 Å². The van der Waals surface area contributed by atoms with E-state index in [1.54, 1.807) is 17.0 Å². The molecule has 0 saturated carbocycles. The van der Waals surface area contributed by atoms with Gasteiger partial charge in [-0.3, -0.25) is 4.79 Å². The Kier molecular flexibility index (Phi) is 3.14. The van der Waals surface area contributed by atoms with Crippen molar-refractivity contribution in [1.82, 2.24) is 0 Å². The van der Waals surface area contributed by atoms with Gasteiger partial charge in [0.15, 0.2) is 0 Å². The average molecular weight is 274 g/mol. The van der Waals surface area contributed by atoms with Crippen molar-refractivity contribution in [2.45, 2.75) is 24.7 Å². The number of aryl methyl sites for hydroxylation is 1. The van der Waals surface area contributed by atoms with Crippen LogP contribution in [-0.4, -0.2) is 20.9 Å². The van der Waals surface area contributed by atoms with Gasteiger partial charge in [-0.15, -0.1) is 0 Å². The van der Waals surface area contributed by atoms with Crippen LogP contribution in [0.25, 0.3) is 0 Å². The highest BCUT2D eigenvalue weighted by Crippen LogP contribution is 2.30. The minimum Gasteiger partial charge on any atom is -0.312 e. The number of carbonyl (C=O) groups excluding carboxylic acids is 1. The maximum Gasteiger partial charge on any atom is 0.261 e. The first-order chi connectivity index (χ1) is 7.93. The second-order valence-corrected chi connectivity index (χ2v) is 6.43. The summed E-state index contributed by atoms with van der Waals surface area (Å²) >= 11 is 0. The van der Waals surface area contributed by atoms with Gasteiger partial charge >= 0.3 is 0 Å². The summed E-state index contributed by atoms with van der Waals surface area (Å²) in [5.41, 5.74) is 1.64. The monoisotopic (exact) mass is 273 g/mol. The first kappa shape index (κ1) is 12.4. The number of anilines is 1. The van der Waals surface area contributed by atoms with Gasteiger partial charge in [-0.1, -0.05) is 0 Å². The van der Waals surface area contributed by atoms with Crippen molar-refractivity contribution in [2.24, 2.45) is 0 Å². The Hall–Kier alpha value is -1.07. The standard InChI is InChI=1S/C11H12ClNO3S/c1-2-13-10-5-4-9(17(12,15)16)7-8(10)3-6-11(13)14/h4-5,7H,2-3,6H2,1H3. The number of amides is 1. The minimum absolute atomic E-state index is 0.0708. The summed E-state index contributed by atoms with van der Waals surface area (Å²) in [5, 5.41) is 0. The van der Waals surface area contributed by atoms with Crippen LogP contribution in [0.3, 0.4) is 0 Å². The molecule has 0 aliphatic carbocycles. The lowest BCUT2D eigenvalue weighted by Gasteiger charge is -2.28. The highest BCUT2D eigenvalue weighted by Gasteiger charge is 2.24. The van der Waals surface area contributed by atoms with Crippen LogP contribution < -0.4 is 4.90 Å². The molecule has 6 heteroatoms. The molecule has 2 rings (SSSR count). The van der Waals surface area contributed by atoms with Crippen LogP contribution in [0.1, 0.15) is 18.9 Å². The molecule has 1 aliphatic heterocycles. The number of hydrogen-bond acceptors (Lipinski definition) is 3. The molecule has 1 aliphatic rings. The molecule has 0 fully saturated rings. The van der Waals surface area contributed by atoms with E-state index in [-0.39, 0.29) is 10.8 Å². The van der Waals surface area contributed by atoms with Crippen molar-refractivity contribution >= 4 is 31.3 Å². The maximum atomic E-state index is 11.7. The quantitative estimate of drug-likeness (QED) is 0.774. The predicted octanol–water partition coefficient (Wildman–Crippen LogP) is 1.91. The number of benzene rings is 1. The van der Waals surface area contributed by atoms with E-state index in [1.165, 1.54) is 6.07 Å². The molecule has 0 saturated heterocycles. The molecular formula is C11H12ClNO3S. The Bertz CT molecular complexity index is 568. The van der Waals surface area contributed by atoms with Gasteiger partial charge in [0.2, 0.25) is 5.91 Å². The van der Waals surface area contributed by atoms with Crippen LogP contribution in [0.4, 0.5) is 5.69 Å². The second-order valence-electron chi connectivity index (χ2n) is 3.87. The van der Waals surface area contributed by atoms with Gasteiger partial charge in [-0.25, -0.2) is 8.42 Å². The third kappa shape index (κ3) is 2.30. The third-order valence-corrected chi connectivity index (χ3v) is 4.20. The number of hydrogen-bond donors (Lipinski definition) is 0. The highest BCUT2D eigenvalue weighted by atomic mass is 35.7. The van der Waals surface area contributed by atoms with Crippen molar-refractivity contribution in [1.29, 1.82) is 0 Å². The van der Waals surface area contributed by atoms with E-state index >= 15 is 0 Å². The Morgan fingerprint density at radius 2 is 2.06 bits per heavy atom. The van der Waals surface area contributed by atoms with E-state index in [2.05, 4.69) is 0 Å². The van der Waals surface area contributed by atoms with Gasteiger partial charge in [0.05, 0.1) is 4.90 Å². The maximum absolute atomic E-state index is 11.7. The summed E-state index contributed by atoms with van der Waals surface area (Å²) in [6.45, 7) is 2.47. The molecule has 1 aromatic carbocycles. The first-order valence-corrected chi connectivity index (χ1v) is 7.62. The summed E-state index contributed by atoms with van der Waals surface area (Å²) in [7, 11) is 1.59. The molecule has 0 radical (unpaired) electrons. The molecule has 92 valence electrons. The van der Waals surface area contributed by atoms with Gasteiger partial charge in [0.25, 0.3) is 9.05 Å². The number of fused-ring (bicyclic) bond motifs is 1. The Labute approximate surface area is 105 Å². The molecule has 1 heterocycles. The van der Waals surface area contributed by atoms with Crippen LogP contribution >= 0.6 is 10.7 Å². The molecular weight excluding hydrogens is 262 g/mol. The molecule has 0 bridgehead atoms. The van der Waals surface area contributed by atoms with Gasteiger partial charge in [-0.05, 0) is 37.1 Å². The average Bonchev–Trinajstić information content (AvgIpc) is 2.27. The zero-order chi connectivity index (χ0) is 12.6. The first-order valence-electron chi connectivity index (χ1n) is 5.31. The van der Waals surface area contributed by atoms with Gasteiger partial charge in [0, 0.05) is 29.3 Å². The summed E-state index contributed by atoms with van der Waals surface area (Å²) < 4.78 is 22.4. The molecule has 0 atom stereocenters. The lowest BCUT2D eigenvalue weighted by molar-refractivity contribution is -0.118. The van der Waals surface area contributed by atoms with Crippen LogP contribution in [0.5, 0.6) is 0 Å². The van der Waals surface area contributed by atoms with Crippen LogP contribution in [0.2, 0.25) is 0 Å². The number of halogens is 1. The van der Waals surface area contributed by atoms with Gasteiger partial charge in [0.1, 0.15) is 0 Å². The Balaban J connectivity index is 2.52. The topological polar surface area (TPSA) is 54.5 Å². The number of nitrogens with zero attached hydrogens (tertiary/aromatic N) is 1. The predicted molar refractivity (Wildman–Crippen MR) is 65.8 cm³/mol. The molecule has 0 unspecified atom stereocenters. The SMILES string of the molecule is CCN1C(=O)CCc2cc(S(=O)(=O)Cl)ccc21. The van der Waals surface area contributed by atoms with E-state index in [0.29, 0.717) is 19.4 Å². The fourth-order valence-corrected chi connectivity index (χ4v) is 2.84. The largest absolute Gasteiger partial charge is 0.312 e. The number of rotatable bonds is 2. The van der Waals surface area contributed by atoms with E-state index in [9.17, 15) is 13.2 Å². The van der Waals surface area contributed by atoms with Crippen molar-refractivity contribution in [3.05, 3.63) is 23.8 Å². The molecule has 0 spiro atoms. The summed E-state index contributed by atoms with van der Waals surface area (Å²) in [4.78, 5) is 13.4. The third-order valence-electron chi connectivity index (χ3n) is 2.85. The molecule has 1 aromatic rings. The highest BCUT2D eigenvalue weighted by molar-refractivity contribution is 8.13. The molecule has 1 amide bonds. The molecule has 4 nitrogen and oxygen atoms in total. The summed E-state index contributed by atoms with van der Waals surface area (Å²) in [5.74, 6) is 0.0708. The Morgan fingerprint density at radius 3 is 2.65 bits per heavy atom. The Morgan fingerprint density at radius 1 is 1.35 bits per heavy atom. The van der Waals surface area contributed by atoms with Crippen molar-refractivity contribution in [3.8, 4) is 0 Å². The van der Waals surface area contributed by atoms with Gasteiger partial charge < -0.3 is 4.90 Å². The molecule has 0 aromatic heterocycles. The smallest absolute Gasteiger partial charge is 0.261 e. The van der Waals surface area contributed by atoms with E-state index in [0.717, 1.165) is 11.3 Å². The zero-order valence-electron chi connectivity index (χ0n) is 9.31. The van der Waals surface area contributed by atoms with E-state index in [1.807, 2.05) is 6.92 Å². The van der Waals surface area contributed by atoms with Crippen LogP contribution in [0.15, 0.2) is 23.1 Å². The summed E-state index contributed by atoms with van der Waals surface area (Å²) in [6.07, 6.45) is 0.970. The zero-order valence-corrected chi connectivity index (χ0v) is 10.9. The van der Waals surface area contributed by atoms with Gasteiger partial charge in [-0.2, -0.15) is 0 Å². The number of carbonyl (C=O) groups is 1. The second kappa shape index (κ2) is 4.31. The van der Waals surface area contributed by atoms with Crippen molar-refractivity contribution in [2.75, 3.05) is 11.4 Å². The van der Waals surface area contributed by atoms with Crippen LogP contribution in [-0.2, 0) is 20.3 Å². The normalized spacial score (nSPS) is 15.9. The molecule has 17 heavy (non-hydrogen) atoms. The van der Waals surface area contributed by atoms with E-state index in [4.69, 9.17) is 10.7 Å². The molecule has 0 N–H and O–H groups in total. The lowest BCUT2D eigenvalue weighted by atomic mass is 10.0.